The molecule has 1 saturated carbocycles. The van der Waals surface area contributed by atoms with Crippen molar-refractivity contribution in [2.45, 2.75) is 46.0 Å². The SMILES string of the molecule is COC(=O)/C=C/NCC1(CC(C)C)CCCC1. The van der Waals surface area contributed by atoms with Crippen LogP contribution in [0, 0.1) is 11.3 Å². The normalized spacial score (nSPS) is 18.8. The third-order valence-electron chi connectivity index (χ3n) is 3.52. The molecule has 0 aromatic heterocycles. The molecule has 1 N–H and O–H groups in total. The smallest absolute Gasteiger partial charge is 0.331 e. The van der Waals surface area contributed by atoms with Crippen LogP contribution in [0.15, 0.2) is 12.3 Å². The molecule has 0 aromatic carbocycles. The molecule has 0 heterocycles. The van der Waals surface area contributed by atoms with Crippen LogP contribution in [-0.4, -0.2) is 19.6 Å². The molecular weight excluding hydrogens is 214 g/mol. The monoisotopic (exact) mass is 239 g/mol. The Morgan fingerprint density at radius 3 is 2.59 bits per heavy atom. The van der Waals surface area contributed by atoms with Crippen LogP contribution in [0.4, 0.5) is 0 Å². The molecule has 0 bridgehead atoms. The van der Waals surface area contributed by atoms with Gasteiger partial charge in [0.25, 0.3) is 0 Å². The molecule has 0 amide bonds. The Bertz CT molecular complexity index is 265. The summed E-state index contributed by atoms with van der Waals surface area (Å²) in [6.45, 7) is 5.54. The highest BCUT2D eigenvalue weighted by molar-refractivity contribution is 5.81. The summed E-state index contributed by atoms with van der Waals surface area (Å²) in [5, 5.41) is 3.26. The Morgan fingerprint density at radius 2 is 2.06 bits per heavy atom. The maximum Gasteiger partial charge on any atom is 0.331 e. The molecule has 1 aliphatic rings. The molecule has 17 heavy (non-hydrogen) atoms. The lowest BCUT2D eigenvalue weighted by Crippen LogP contribution is -2.31. The van der Waals surface area contributed by atoms with Crippen molar-refractivity contribution in [1.82, 2.24) is 5.32 Å². The van der Waals surface area contributed by atoms with Gasteiger partial charge in [0, 0.05) is 18.8 Å². The predicted octanol–water partition coefficient (Wildman–Crippen LogP) is 2.87. The van der Waals surface area contributed by atoms with Gasteiger partial charge in [-0.05, 0) is 30.6 Å². The molecule has 0 unspecified atom stereocenters. The summed E-state index contributed by atoms with van der Waals surface area (Å²) in [6.07, 6.45) is 9.73. The number of ether oxygens (including phenoxy) is 1. The highest BCUT2D eigenvalue weighted by Gasteiger charge is 2.33. The molecule has 0 saturated heterocycles. The van der Waals surface area contributed by atoms with E-state index in [2.05, 4.69) is 23.9 Å². The molecule has 0 aromatic rings. The van der Waals surface area contributed by atoms with E-state index >= 15 is 0 Å². The van der Waals surface area contributed by atoms with Gasteiger partial charge in [0.1, 0.15) is 0 Å². The summed E-state index contributed by atoms with van der Waals surface area (Å²) in [4.78, 5) is 10.9. The van der Waals surface area contributed by atoms with Crippen LogP contribution in [0.3, 0.4) is 0 Å². The molecule has 0 spiro atoms. The van der Waals surface area contributed by atoms with Crippen molar-refractivity contribution >= 4 is 5.97 Å². The van der Waals surface area contributed by atoms with E-state index in [4.69, 9.17) is 0 Å². The van der Waals surface area contributed by atoms with Crippen molar-refractivity contribution in [3.8, 4) is 0 Å². The highest BCUT2D eigenvalue weighted by Crippen LogP contribution is 2.42. The molecule has 3 heteroatoms. The minimum atomic E-state index is -0.304. The Kier molecular flexibility index (Phi) is 5.52. The largest absolute Gasteiger partial charge is 0.466 e. The van der Waals surface area contributed by atoms with E-state index in [1.54, 1.807) is 6.20 Å². The first kappa shape index (κ1) is 14.1. The summed E-state index contributed by atoms with van der Waals surface area (Å²) in [7, 11) is 1.39. The number of carbonyl (C=O) groups excluding carboxylic acids is 1. The van der Waals surface area contributed by atoms with Gasteiger partial charge < -0.3 is 10.1 Å². The lowest BCUT2D eigenvalue weighted by molar-refractivity contribution is -0.134. The van der Waals surface area contributed by atoms with E-state index < -0.39 is 0 Å². The first-order valence-electron chi connectivity index (χ1n) is 6.56. The van der Waals surface area contributed by atoms with Crippen LogP contribution in [0.25, 0.3) is 0 Å². The summed E-state index contributed by atoms with van der Waals surface area (Å²) >= 11 is 0. The third kappa shape index (κ3) is 4.80. The molecule has 0 aliphatic heterocycles. The lowest BCUT2D eigenvalue weighted by atomic mass is 9.78. The zero-order chi connectivity index (χ0) is 12.7. The molecule has 1 rings (SSSR count). The van der Waals surface area contributed by atoms with Crippen LogP contribution < -0.4 is 5.32 Å². The zero-order valence-corrected chi connectivity index (χ0v) is 11.3. The molecule has 3 nitrogen and oxygen atoms in total. The van der Waals surface area contributed by atoms with Gasteiger partial charge in [0.15, 0.2) is 0 Å². The maximum absolute atomic E-state index is 10.9. The van der Waals surface area contributed by atoms with E-state index in [1.807, 2.05) is 0 Å². The minimum Gasteiger partial charge on any atom is -0.466 e. The first-order chi connectivity index (χ1) is 8.08. The maximum atomic E-state index is 10.9. The van der Waals surface area contributed by atoms with Gasteiger partial charge in [0.05, 0.1) is 7.11 Å². The summed E-state index contributed by atoms with van der Waals surface area (Å²) in [5.41, 5.74) is 0.439. The first-order valence-corrected chi connectivity index (χ1v) is 6.56. The Hall–Kier alpha value is -0.990. The molecule has 0 atom stereocenters. The van der Waals surface area contributed by atoms with E-state index in [0.29, 0.717) is 5.41 Å². The van der Waals surface area contributed by atoms with Crippen molar-refractivity contribution in [1.29, 1.82) is 0 Å². The summed E-state index contributed by atoms with van der Waals surface area (Å²) in [5.74, 6) is 0.432. The number of nitrogens with one attached hydrogen (secondary N) is 1. The van der Waals surface area contributed by atoms with Crippen LogP contribution in [0.2, 0.25) is 0 Å². The van der Waals surface area contributed by atoms with E-state index in [9.17, 15) is 4.79 Å². The van der Waals surface area contributed by atoms with Crippen molar-refractivity contribution in [2.75, 3.05) is 13.7 Å². The Morgan fingerprint density at radius 1 is 1.41 bits per heavy atom. The van der Waals surface area contributed by atoms with E-state index in [1.165, 1.54) is 45.3 Å². The van der Waals surface area contributed by atoms with E-state index in [-0.39, 0.29) is 5.97 Å². The second kappa shape index (κ2) is 6.67. The predicted molar refractivity (Wildman–Crippen MR) is 69.5 cm³/mol. The average molecular weight is 239 g/mol. The minimum absolute atomic E-state index is 0.304. The van der Waals surface area contributed by atoms with Crippen LogP contribution in [-0.2, 0) is 9.53 Å². The van der Waals surface area contributed by atoms with Crippen molar-refractivity contribution in [2.24, 2.45) is 11.3 Å². The summed E-state index contributed by atoms with van der Waals surface area (Å²) < 4.78 is 4.55. The summed E-state index contributed by atoms with van der Waals surface area (Å²) in [6, 6.07) is 0. The van der Waals surface area contributed by atoms with Crippen LogP contribution >= 0.6 is 0 Å². The number of carbonyl (C=O) groups is 1. The number of hydrogen-bond acceptors (Lipinski definition) is 3. The average Bonchev–Trinajstić information content (AvgIpc) is 2.72. The standard InChI is InChI=1S/C14H25NO2/c1-12(2)10-14(7-4-5-8-14)11-15-9-6-13(16)17-3/h6,9,12,15H,4-5,7-8,10-11H2,1-3H3/b9-6+. The Labute approximate surface area is 105 Å². The van der Waals surface area contributed by atoms with Gasteiger partial charge >= 0.3 is 5.97 Å². The topological polar surface area (TPSA) is 38.3 Å². The van der Waals surface area contributed by atoms with Gasteiger partial charge in [0.2, 0.25) is 0 Å². The number of esters is 1. The quantitative estimate of drug-likeness (QED) is 0.572. The Balaban J connectivity index is 2.40. The van der Waals surface area contributed by atoms with Gasteiger partial charge in [-0.15, -0.1) is 0 Å². The van der Waals surface area contributed by atoms with E-state index in [0.717, 1.165) is 12.5 Å². The molecule has 1 aliphatic carbocycles. The number of hydrogen-bond donors (Lipinski definition) is 1. The van der Waals surface area contributed by atoms with Crippen molar-refractivity contribution in [3.05, 3.63) is 12.3 Å². The van der Waals surface area contributed by atoms with Crippen molar-refractivity contribution in [3.63, 3.8) is 0 Å². The van der Waals surface area contributed by atoms with Gasteiger partial charge in [-0.3, -0.25) is 0 Å². The second-order valence-electron chi connectivity index (χ2n) is 5.54. The van der Waals surface area contributed by atoms with Crippen LogP contribution in [0.5, 0.6) is 0 Å². The fourth-order valence-corrected chi connectivity index (χ4v) is 2.91. The zero-order valence-electron chi connectivity index (χ0n) is 11.3. The van der Waals surface area contributed by atoms with Gasteiger partial charge in [-0.2, -0.15) is 0 Å². The molecule has 1 fully saturated rings. The third-order valence-corrected chi connectivity index (χ3v) is 3.52. The fourth-order valence-electron chi connectivity index (χ4n) is 2.91. The molecule has 98 valence electrons. The molecule has 0 radical (unpaired) electrons. The number of rotatable bonds is 6. The van der Waals surface area contributed by atoms with Crippen LogP contribution in [0.1, 0.15) is 46.0 Å². The second-order valence-corrected chi connectivity index (χ2v) is 5.54. The van der Waals surface area contributed by atoms with Crippen molar-refractivity contribution < 1.29 is 9.53 Å². The molecular formula is C14H25NO2. The van der Waals surface area contributed by atoms with Gasteiger partial charge in [-0.25, -0.2) is 4.79 Å². The fraction of sp³-hybridized carbons (Fsp3) is 0.786. The number of methoxy groups -OCH3 is 1. The van der Waals surface area contributed by atoms with Gasteiger partial charge in [-0.1, -0.05) is 26.7 Å². The lowest BCUT2D eigenvalue weighted by Gasteiger charge is -2.30. The highest BCUT2D eigenvalue weighted by atomic mass is 16.5.